The first-order chi connectivity index (χ1) is 8.31. The van der Waals surface area contributed by atoms with Crippen molar-refractivity contribution in [2.45, 2.75) is 12.5 Å². The highest BCUT2D eigenvalue weighted by atomic mass is 15.1. The van der Waals surface area contributed by atoms with E-state index >= 15 is 0 Å². The predicted octanol–water partition coefficient (Wildman–Crippen LogP) is 2.76. The van der Waals surface area contributed by atoms with Crippen molar-refractivity contribution in [2.75, 3.05) is 0 Å². The number of fused-ring (bicyclic) bond motifs is 1. The maximum atomic E-state index is 9.15. The molecular weight excluding hydrogens is 210 g/mol. The predicted molar refractivity (Wildman–Crippen MR) is 65.2 cm³/mol. The van der Waals surface area contributed by atoms with Crippen LogP contribution in [0.25, 0.3) is 5.57 Å². The molecule has 0 aliphatic carbocycles. The Balaban J connectivity index is 2.14. The number of rotatable bonds is 1. The van der Waals surface area contributed by atoms with Crippen LogP contribution in [0.4, 0.5) is 0 Å². The van der Waals surface area contributed by atoms with Gasteiger partial charge in [-0.1, -0.05) is 24.8 Å². The summed E-state index contributed by atoms with van der Waals surface area (Å²) in [6, 6.07) is 10.1. The molecule has 1 aromatic heterocycles. The van der Waals surface area contributed by atoms with Crippen LogP contribution in [0.2, 0.25) is 0 Å². The summed E-state index contributed by atoms with van der Waals surface area (Å²) in [7, 11) is 0. The Morgan fingerprint density at radius 1 is 1.41 bits per heavy atom. The number of nitriles is 1. The molecule has 1 unspecified atom stereocenters. The molecule has 1 aliphatic rings. The zero-order valence-electron chi connectivity index (χ0n) is 9.30. The van der Waals surface area contributed by atoms with Crippen molar-refractivity contribution in [1.82, 2.24) is 9.55 Å². The smallest absolute Gasteiger partial charge is 0.0995 e. The number of hydrogen-bond donors (Lipinski definition) is 0. The van der Waals surface area contributed by atoms with Crippen LogP contribution >= 0.6 is 0 Å². The first kappa shape index (κ1) is 9.86. The fourth-order valence-electron chi connectivity index (χ4n) is 2.41. The molecule has 0 fully saturated rings. The lowest BCUT2D eigenvalue weighted by molar-refractivity contribution is 0.633. The second kappa shape index (κ2) is 3.60. The van der Waals surface area contributed by atoms with Gasteiger partial charge >= 0.3 is 0 Å². The van der Waals surface area contributed by atoms with Crippen LogP contribution in [0.3, 0.4) is 0 Å². The molecule has 0 saturated heterocycles. The van der Waals surface area contributed by atoms with Gasteiger partial charge in [0, 0.05) is 0 Å². The lowest BCUT2D eigenvalue weighted by Crippen LogP contribution is -2.06. The molecule has 0 radical (unpaired) electrons. The molecule has 1 atom stereocenters. The molecule has 3 rings (SSSR count). The molecule has 1 aromatic carbocycles. The van der Waals surface area contributed by atoms with Gasteiger partial charge in [0.1, 0.15) is 0 Å². The summed E-state index contributed by atoms with van der Waals surface area (Å²) >= 11 is 0. The standard InChI is InChI=1S/C14H11N3/c1-10-6-13(17-9-16-8-14(10)17)12-5-3-2-4-11(12)7-15/h2-5,8-9,13H,1,6H2. The lowest BCUT2D eigenvalue weighted by atomic mass is 9.98. The average Bonchev–Trinajstić information content (AvgIpc) is 2.94. The molecule has 2 heterocycles. The highest BCUT2D eigenvalue weighted by Crippen LogP contribution is 2.38. The largest absolute Gasteiger partial charge is 0.323 e. The van der Waals surface area contributed by atoms with Gasteiger partial charge in [0.05, 0.1) is 35.9 Å². The highest BCUT2D eigenvalue weighted by Gasteiger charge is 2.27. The summed E-state index contributed by atoms with van der Waals surface area (Å²) in [4.78, 5) is 4.14. The molecule has 3 heteroatoms. The van der Waals surface area contributed by atoms with E-state index in [1.807, 2.05) is 36.8 Å². The van der Waals surface area contributed by atoms with E-state index in [1.165, 1.54) is 0 Å². The van der Waals surface area contributed by atoms with Gasteiger partial charge in [-0.3, -0.25) is 0 Å². The molecule has 82 valence electrons. The summed E-state index contributed by atoms with van der Waals surface area (Å²) < 4.78 is 2.10. The Labute approximate surface area is 99.6 Å². The fraction of sp³-hybridized carbons (Fsp3) is 0.143. The molecule has 1 aliphatic heterocycles. The molecule has 3 nitrogen and oxygen atoms in total. The van der Waals surface area contributed by atoms with E-state index in [-0.39, 0.29) is 6.04 Å². The maximum Gasteiger partial charge on any atom is 0.0995 e. The zero-order valence-corrected chi connectivity index (χ0v) is 9.30. The first-order valence-electron chi connectivity index (χ1n) is 5.50. The Hall–Kier alpha value is -2.34. The molecular formula is C14H11N3. The molecule has 0 spiro atoms. The summed E-state index contributed by atoms with van der Waals surface area (Å²) in [6.45, 7) is 4.06. The second-order valence-electron chi connectivity index (χ2n) is 4.21. The Kier molecular flexibility index (Phi) is 2.09. The van der Waals surface area contributed by atoms with E-state index in [9.17, 15) is 0 Å². The minimum atomic E-state index is 0.163. The molecule has 0 saturated carbocycles. The molecule has 0 N–H and O–H groups in total. The van der Waals surface area contributed by atoms with Gasteiger partial charge in [-0.05, 0) is 23.6 Å². The normalized spacial score (nSPS) is 17.8. The Morgan fingerprint density at radius 3 is 3.06 bits per heavy atom. The van der Waals surface area contributed by atoms with Crippen LogP contribution in [0.15, 0.2) is 43.4 Å². The summed E-state index contributed by atoms with van der Waals surface area (Å²) in [5.41, 5.74) is 3.93. The van der Waals surface area contributed by atoms with E-state index in [0.29, 0.717) is 0 Å². The zero-order chi connectivity index (χ0) is 11.8. The summed E-state index contributed by atoms with van der Waals surface area (Å²) in [6.07, 6.45) is 4.50. The monoisotopic (exact) mass is 221 g/mol. The van der Waals surface area contributed by atoms with Gasteiger partial charge in [-0.15, -0.1) is 0 Å². The number of imidazole rings is 1. The molecule has 2 aromatic rings. The second-order valence-corrected chi connectivity index (χ2v) is 4.21. The molecule has 0 bridgehead atoms. The van der Waals surface area contributed by atoms with Gasteiger partial charge in [-0.25, -0.2) is 4.98 Å². The van der Waals surface area contributed by atoms with Crippen LogP contribution in [-0.2, 0) is 0 Å². The molecule has 17 heavy (non-hydrogen) atoms. The quantitative estimate of drug-likeness (QED) is 0.743. The molecule has 0 amide bonds. The Morgan fingerprint density at radius 2 is 2.24 bits per heavy atom. The average molecular weight is 221 g/mol. The fourth-order valence-corrected chi connectivity index (χ4v) is 2.41. The van der Waals surface area contributed by atoms with Crippen LogP contribution < -0.4 is 0 Å². The maximum absolute atomic E-state index is 9.15. The minimum Gasteiger partial charge on any atom is -0.323 e. The van der Waals surface area contributed by atoms with Gasteiger partial charge in [0.15, 0.2) is 0 Å². The van der Waals surface area contributed by atoms with E-state index in [1.54, 1.807) is 0 Å². The van der Waals surface area contributed by atoms with Gasteiger partial charge in [-0.2, -0.15) is 5.26 Å². The van der Waals surface area contributed by atoms with Gasteiger partial charge in [0.2, 0.25) is 0 Å². The summed E-state index contributed by atoms with van der Waals surface area (Å²) in [5.74, 6) is 0. The van der Waals surface area contributed by atoms with E-state index in [0.717, 1.165) is 28.8 Å². The SMILES string of the molecule is C=C1CC(c2ccccc2C#N)n2cncc21. The number of hydrogen-bond acceptors (Lipinski definition) is 2. The van der Waals surface area contributed by atoms with E-state index in [4.69, 9.17) is 5.26 Å². The van der Waals surface area contributed by atoms with Crippen LogP contribution in [-0.4, -0.2) is 9.55 Å². The Bertz CT molecular complexity index is 631. The van der Waals surface area contributed by atoms with Crippen LogP contribution in [0.1, 0.15) is 29.3 Å². The van der Waals surface area contributed by atoms with Gasteiger partial charge < -0.3 is 4.57 Å². The van der Waals surface area contributed by atoms with E-state index in [2.05, 4.69) is 22.2 Å². The van der Waals surface area contributed by atoms with Crippen LogP contribution in [0.5, 0.6) is 0 Å². The minimum absolute atomic E-state index is 0.163. The highest BCUT2D eigenvalue weighted by molar-refractivity contribution is 5.65. The third kappa shape index (κ3) is 1.38. The third-order valence-corrected chi connectivity index (χ3v) is 3.24. The number of nitrogens with zero attached hydrogens (tertiary/aromatic N) is 3. The summed E-state index contributed by atoms with van der Waals surface area (Å²) in [5, 5.41) is 9.15. The van der Waals surface area contributed by atoms with Crippen LogP contribution in [0, 0.1) is 11.3 Å². The van der Waals surface area contributed by atoms with Crippen molar-refractivity contribution in [1.29, 1.82) is 5.26 Å². The van der Waals surface area contributed by atoms with E-state index < -0.39 is 0 Å². The van der Waals surface area contributed by atoms with Crippen molar-refractivity contribution < 1.29 is 0 Å². The first-order valence-corrected chi connectivity index (χ1v) is 5.50. The van der Waals surface area contributed by atoms with Crippen molar-refractivity contribution in [3.8, 4) is 6.07 Å². The topological polar surface area (TPSA) is 41.6 Å². The number of benzene rings is 1. The lowest BCUT2D eigenvalue weighted by Gasteiger charge is -2.14. The number of aromatic nitrogens is 2. The van der Waals surface area contributed by atoms with Crippen molar-refractivity contribution in [3.63, 3.8) is 0 Å². The van der Waals surface area contributed by atoms with Crippen molar-refractivity contribution in [2.24, 2.45) is 0 Å². The van der Waals surface area contributed by atoms with Crippen molar-refractivity contribution in [3.05, 3.63) is 60.2 Å². The third-order valence-electron chi connectivity index (χ3n) is 3.24. The van der Waals surface area contributed by atoms with Crippen molar-refractivity contribution >= 4 is 5.57 Å². The number of allylic oxidation sites excluding steroid dienone is 1. The van der Waals surface area contributed by atoms with Gasteiger partial charge in [0.25, 0.3) is 0 Å².